The highest BCUT2D eigenvalue weighted by molar-refractivity contribution is 6.42. The molecule has 2 aliphatic rings. The smallest absolute Gasteiger partial charge is 0.326 e. The number of hydrogen-bond acceptors (Lipinski definition) is 7. The number of ether oxygens (including phenoxy) is 3. The summed E-state index contributed by atoms with van der Waals surface area (Å²) in [5, 5.41) is 23.0. The first-order chi connectivity index (χ1) is 30.1. The lowest BCUT2D eigenvalue weighted by Crippen LogP contribution is -2.55. The highest BCUT2D eigenvalue weighted by Gasteiger charge is 2.37. The van der Waals surface area contributed by atoms with Crippen molar-refractivity contribution in [1.29, 1.82) is 5.26 Å². The Bertz CT molecular complexity index is 2740. The van der Waals surface area contributed by atoms with Crippen molar-refractivity contribution in [3.8, 4) is 46.3 Å². The van der Waals surface area contributed by atoms with Gasteiger partial charge in [0, 0.05) is 30.9 Å². The van der Waals surface area contributed by atoms with Crippen LogP contribution in [0.1, 0.15) is 45.0 Å². The molecule has 3 atom stereocenters. The van der Waals surface area contributed by atoms with Crippen molar-refractivity contribution < 1.29 is 33.7 Å². The Morgan fingerprint density at radius 1 is 0.806 bits per heavy atom. The molecule has 0 spiro atoms. The molecule has 62 heavy (non-hydrogen) atoms. The number of amides is 2. The van der Waals surface area contributed by atoms with Crippen LogP contribution in [0.5, 0.6) is 17.2 Å². The molecule has 0 saturated heterocycles. The molecule has 0 radical (unpaired) electrons. The highest BCUT2D eigenvalue weighted by atomic mass is 35.5. The van der Waals surface area contributed by atoms with Gasteiger partial charge in [0.2, 0.25) is 5.91 Å². The molecule has 2 heterocycles. The number of carbonyl (C=O) groups is 3. The Labute approximate surface area is 368 Å². The molecule has 0 aromatic heterocycles. The Morgan fingerprint density at radius 3 is 2.19 bits per heavy atom. The summed E-state index contributed by atoms with van der Waals surface area (Å²) >= 11 is 12.2. The monoisotopic (exact) mass is 861 g/mol. The minimum atomic E-state index is -1.28. The predicted molar refractivity (Wildman–Crippen MR) is 234 cm³/mol. The Morgan fingerprint density at radius 2 is 1.50 bits per heavy atom. The first kappa shape index (κ1) is 41.5. The van der Waals surface area contributed by atoms with E-state index in [1.807, 2.05) is 97.1 Å². The molecular formula is C50H37Cl2N3O7. The number of nitrogens with zero attached hydrogens (tertiary/aromatic N) is 2. The molecule has 308 valence electrons. The van der Waals surface area contributed by atoms with Gasteiger partial charge in [-0.15, -0.1) is 0 Å². The van der Waals surface area contributed by atoms with Gasteiger partial charge < -0.3 is 29.5 Å². The normalized spacial score (nSPS) is 15.5. The summed E-state index contributed by atoms with van der Waals surface area (Å²) in [6.07, 6.45) is -0.329. The van der Waals surface area contributed by atoms with Gasteiger partial charge in [0.15, 0.2) is 17.6 Å². The Balaban J connectivity index is 0.982. The number of carboxylic acids is 1. The second-order valence-corrected chi connectivity index (χ2v) is 15.7. The zero-order valence-electron chi connectivity index (χ0n) is 33.0. The minimum Gasteiger partial charge on any atom is -0.489 e. The number of carbonyl (C=O) groups excluding carboxylic acids is 2. The van der Waals surface area contributed by atoms with Gasteiger partial charge >= 0.3 is 5.97 Å². The van der Waals surface area contributed by atoms with Gasteiger partial charge in [-0.1, -0.05) is 102 Å². The van der Waals surface area contributed by atoms with Crippen molar-refractivity contribution in [2.24, 2.45) is 0 Å². The number of benzene rings is 6. The van der Waals surface area contributed by atoms with Crippen LogP contribution in [0.2, 0.25) is 10.0 Å². The Hall–Kier alpha value is -7.24. The number of nitriles is 1. The number of nitrogens with one attached hydrogen (secondary N) is 1. The molecule has 1 unspecified atom stereocenters. The summed E-state index contributed by atoms with van der Waals surface area (Å²) in [7, 11) is 0. The summed E-state index contributed by atoms with van der Waals surface area (Å²) in [4.78, 5) is 41.9. The van der Waals surface area contributed by atoms with E-state index in [2.05, 4.69) is 23.2 Å². The van der Waals surface area contributed by atoms with Crippen LogP contribution in [-0.2, 0) is 40.4 Å². The zero-order chi connectivity index (χ0) is 43.2. The molecule has 2 amide bonds. The lowest BCUT2D eigenvalue weighted by Gasteiger charge is -2.36. The predicted octanol–water partition coefficient (Wildman–Crippen LogP) is 8.74. The maximum Gasteiger partial charge on any atom is 0.326 e. The summed E-state index contributed by atoms with van der Waals surface area (Å²) < 4.78 is 18.6. The summed E-state index contributed by atoms with van der Waals surface area (Å²) in [6.45, 7) is 0.569. The van der Waals surface area contributed by atoms with Gasteiger partial charge in [-0.05, 0) is 99.6 Å². The third kappa shape index (κ3) is 9.69. The second kappa shape index (κ2) is 18.6. The third-order valence-corrected chi connectivity index (χ3v) is 11.4. The lowest BCUT2D eigenvalue weighted by atomic mass is 9.92. The van der Waals surface area contributed by atoms with Crippen molar-refractivity contribution in [3.63, 3.8) is 0 Å². The summed E-state index contributed by atoms with van der Waals surface area (Å²) in [5.74, 6) is 4.81. The zero-order valence-corrected chi connectivity index (χ0v) is 34.5. The number of hydrogen-bond donors (Lipinski definition) is 2. The molecule has 2 N–H and O–H groups in total. The van der Waals surface area contributed by atoms with Gasteiger partial charge in [0.25, 0.3) is 5.91 Å². The second-order valence-electron chi connectivity index (χ2n) is 14.8. The molecule has 8 rings (SSSR count). The van der Waals surface area contributed by atoms with Gasteiger partial charge in [-0.3, -0.25) is 9.59 Å². The van der Waals surface area contributed by atoms with Crippen molar-refractivity contribution in [2.75, 3.05) is 6.61 Å². The van der Waals surface area contributed by atoms with E-state index >= 15 is 0 Å². The third-order valence-electron chi connectivity index (χ3n) is 10.7. The van der Waals surface area contributed by atoms with E-state index in [1.54, 1.807) is 36.4 Å². The molecule has 0 bridgehead atoms. The largest absolute Gasteiger partial charge is 0.489 e. The molecular weight excluding hydrogens is 825 g/mol. The number of aliphatic carboxylic acids is 1. The number of carboxylic acid groups (broad SMARTS) is 1. The van der Waals surface area contributed by atoms with Crippen LogP contribution in [0, 0.1) is 23.2 Å². The van der Waals surface area contributed by atoms with E-state index in [-0.39, 0.29) is 26.0 Å². The van der Waals surface area contributed by atoms with Crippen LogP contribution >= 0.6 is 23.2 Å². The van der Waals surface area contributed by atoms with E-state index in [0.717, 1.165) is 33.4 Å². The van der Waals surface area contributed by atoms with Crippen molar-refractivity contribution in [2.45, 2.75) is 44.2 Å². The highest BCUT2D eigenvalue weighted by Crippen LogP contribution is 2.41. The van der Waals surface area contributed by atoms with Gasteiger partial charge in [-0.25, -0.2) is 4.79 Å². The topological polar surface area (TPSA) is 138 Å². The number of rotatable bonds is 10. The van der Waals surface area contributed by atoms with Crippen LogP contribution in [0.15, 0.2) is 133 Å². The minimum absolute atomic E-state index is 0.00806. The van der Waals surface area contributed by atoms with Crippen LogP contribution in [0.3, 0.4) is 0 Å². The molecule has 6 aromatic carbocycles. The molecule has 12 heteroatoms. The van der Waals surface area contributed by atoms with Crippen LogP contribution in [0.25, 0.3) is 11.1 Å². The maximum atomic E-state index is 14.1. The fraction of sp³-hybridized carbons (Fsp3) is 0.160. The quantitative estimate of drug-likeness (QED) is 0.131. The van der Waals surface area contributed by atoms with E-state index in [0.29, 0.717) is 50.6 Å². The molecule has 2 aliphatic heterocycles. The molecule has 6 aromatic rings. The fourth-order valence-electron chi connectivity index (χ4n) is 7.33. The molecule has 0 aliphatic carbocycles. The molecule has 0 saturated carbocycles. The number of halogens is 2. The lowest BCUT2D eigenvalue weighted by molar-refractivity contribution is -0.144. The maximum absolute atomic E-state index is 14.1. The van der Waals surface area contributed by atoms with Gasteiger partial charge in [0.1, 0.15) is 31.0 Å². The van der Waals surface area contributed by atoms with Crippen LogP contribution in [-0.4, -0.2) is 46.5 Å². The van der Waals surface area contributed by atoms with Crippen molar-refractivity contribution in [3.05, 3.63) is 182 Å². The summed E-state index contributed by atoms with van der Waals surface area (Å²) in [5.41, 5.74) is 6.94. The van der Waals surface area contributed by atoms with E-state index < -0.39 is 36.0 Å². The summed E-state index contributed by atoms with van der Waals surface area (Å²) in [6, 6.07) is 39.8. The van der Waals surface area contributed by atoms with E-state index in [1.165, 1.54) is 4.90 Å². The van der Waals surface area contributed by atoms with Crippen LogP contribution in [0.4, 0.5) is 0 Å². The SMILES string of the molecule is N#Cc1ccc(-c2ccc(CC(NC(=O)[C@@H]3Cc4cc5c(cc4CN3C(=O)C#Cc3ccccc3)O[C@@H](c3ccc(OCc4ccc(Cl)c(Cl)c4)cc3)CO5)C(=O)O)cc2)cc1. The van der Waals surface area contributed by atoms with Gasteiger partial charge in [0.05, 0.1) is 21.7 Å². The Kier molecular flexibility index (Phi) is 12.4. The standard InChI is InChI=1S/C50H37Cl2N3O7/c51-41-20-10-34(22-42(41)52)29-60-40-18-16-37(17-19-40)47-30-61-45-25-38-24-44(55(28-39(38)26-46(45)62-47)48(56)21-11-31-4-2-1-3-5-31)49(57)54-43(50(58)59)23-32-6-12-35(13-7-32)36-14-8-33(27-53)9-15-36/h1-10,12-20,22,25-26,43-44,47H,23-24,28-30H2,(H,54,57)(H,58,59)/t43?,44-,47+/m0/s1. The van der Waals surface area contributed by atoms with Gasteiger partial charge in [-0.2, -0.15) is 5.26 Å². The number of fused-ring (bicyclic) bond motifs is 2. The first-order valence-electron chi connectivity index (χ1n) is 19.7. The van der Waals surface area contributed by atoms with Crippen LogP contribution < -0.4 is 19.5 Å². The molecule has 0 fully saturated rings. The van der Waals surface area contributed by atoms with Crippen molar-refractivity contribution in [1.82, 2.24) is 10.2 Å². The molecule has 10 nitrogen and oxygen atoms in total. The average molecular weight is 863 g/mol. The fourth-order valence-corrected chi connectivity index (χ4v) is 7.65. The van der Waals surface area contributed by atoms with Crippen molar-refractivity contribution >= 4 is 41.0 Å². The van der Waals surface area contributed by atoms with E-state index in [4.69, 9.17) is 42.7 Å². The van der Waals surface area contributed by atoms with E-state index in [9.17, 15) is 19.5 Å². The average Bonchev–Trinajstić information content (AvgIpc) is 3.30. The first-order valence-corrected chi connectivity index (χ1v) is 20.5.